The zero-order valence-corrected chi connectivity index (χ0v) is 4.36. The van der Waals surface area contributed by atoms with E-state index in [9.17, 15) is 0 Å². The van der Waals surface area contributed by atoms with Gasteiger partial charge in [0.1, 0.15) is 0 Å². The van der Waals surface area contributed by atoms with Crippen molar-refractivity contribution in [2.45, 2.75) is 6.54 Å². The van der Waals surface area contributed by atoms with Crippen LogP contribution in [0.1, 0.15) is 5.56 Å². The standard InChI is InChI=1S/C5H7N3/c1-4-2-7-8-5(4)3-6-1/h1,3,6-8H,2H2. The highest BCUT2D eigenvalue weighted by atomic mass is 15.4. The summed E-state index contributed by atoms with van der Waals surface area (Å²) in [7, 11) is 0. The van der Waals surface area contributed by atoms with Crippen molar-refractivity contribution in [3.05, 3.63) is 18.0 Å². The molecule has 0 saturated carbocycles. The molecule has 0 bridgehead atoms. The molecule has 0 spiro atoms. The zero-order chi connectivity index (χ0) is 5.40. The molecule has 8 heavy (non-hydrogen) atoms. The molecule has 1 aromatic heterocycles. The summed E-state index contributed by atoms with van der Waals surface area (Å²) in [4.78, 5) is 3.00. The number of hydrazine groups is 1. The summed E-state index contributed by atoms with van der Waals surface area (Å²) < 4.78 is 0. The molecule has 1 aromatic rings. The maximum absolute atomic E-state index is 3.00. The Hall–Kier alpha value is -0.960. The van der Waals surface area contributed by atoms with Crippen molar-refractivity contribution < 1.29 is 0 Å². The van der Waals surface area contributed by atoms with Crippen molar-refractivity contribution >= 4 is 5.69 Å². The van der Waals surface area contributed by atoms with E-state index in [2.05, 4.69) is 15.8 Å². The van der Waals surface area contributed by atoms with Crippen LogP contribution in [-0.4, -0.2) is 4.98 Å². The van der Waals surface area contributed by atoms with Gasteiger partial charge in [-0.2, -0.15) is 0 Å². The maximum atomic E-state index is 3.00. The molecule has 1 aliphatic rings. The van der Waals surface area contributed by atoms with Crippen LogP contribution in [0.4, 0.5) is 5.69 Å². The third kappa shape index (κ3) is 0.364. The molecule has 0 aromatic carbocycles. The van der Waals surface area contributed by atoms with Crippen LogP contribution in [-0.2, 0) is 6.54 Å². The number of aromatic amines is 1. The highest BCUT2D eigenvalue weighted by Gasteiger charge is 2.07. The summed E-state index contributed by atoms with van der Waals surface area (Å²) >= 11 is 0. The van der Waals surface area contributed by atoms with Gasteiger partial charge in [0.25, 0.3) is 0 Å². The Labute approximate surface area is 47.1 Å². The predicted molar refractivity (Wildman–Crippen MR) is 31.3 cm³/mol. The Morgan fingerprint density at radius 3 is 3.25 bits per heavy atom. The first-order valence-corrected chi connectivity index (χ1v) is 2.61. The topological polar surface area (TPSA) is 39.9 Å². The lowest BCUT2D eigenvalue weighted by Crippen LogP contribution is -2.11. The van der Waals surface area contributed by atoms with Gasteiger partial charge in [0, 0.05) is 24.5 Å². The van der Waals surface area contributed by atoms with Crippen molar-refractivity contribution in [2.75, 3.05) is 5.43 Å². The molecule has 0 unspecified atom stereocenters. The van der Waals surface area contributed by atoms with Crippen molar-refractivity contribution in [2.24, 2.45) is 0 Å². The Bertz CT molecular complexity index is 173. The minimum atomic E-state index is 0.929. The minimum Gasteiger partial charge on any atom is -0.365 e. The molecule has 2 heterocycles. The second-order valence-corrected chi connectivity index (χ2v) is 1.87. The van der Waals surface area contributed by atoms with E-state index >= 15 is 0 Å². The SMILES string of the molecule is c1[nH]cc2c1CNN2. The lowest BCUT2D eigenvalue weighted by atomic mass is 10.3. The number of H-pyrrole nitrogens is 1. The summed E-state index contributed by atoms with van der Waals surface area (Å²) in [5, 5.41) is 0. The molecule has 0 saturated heterocycles. The van der Waals surface area contributed by atoms with Gasteiger partial charge in [0.15, 0.2) is 0 Å². The van der Waals surface area contributed by atoms with E-state index in [1.807, 2.05) is 12.4 Å². The third-order valence-electron chi connectivity index (χ3n) is 1.33. The van der Waals surface area contributed by atoms with Crippen molar-refractivity contribution in [1.29, 1.82) is 0 Å². The van der Waals surface area contributed by atoms with Crippen molar-refractivity contribution in [3.63, 3.8) is 0 Å². The molecule has 0 aliphatic carbocycles. The molecule has 3 nitrogen and oxygen atoms in total. The van der Waals surface area contributed by atoms with Gasteiger partial charge in [-0.1, -0.05) is 0 Å². The number of aromatic nitrogens is 1. The van der Waals surface area contributed by atoms with Gasteiger partial charge < -0.3 is 10.4 Å². The predicted octanol–water partition coefficient (Wildman–Crippen LogP) is 0.445. The molecule has 0 radical (unpaired) electrons. The summed E-state index contributed by atoms with van der Waals surface area (Å²) in [6.45, 7) is 0.929. The van der Waals surface area contributed by atoms with Crippen LogP contribution < -0.4 is 10.9 Å². The van der Waals surface area contributed by atoms with E-state index < -0.39 is 0 Å². The van der Waals surface area contributed by atoms with Crippen LogP contribution in [0.2, 0.25) is 0 Å². The number of rotatable bonds is 0. The van der Waals surface area contributed by atoms with Gasteiger partial charge in [0.2, 0.25) is 0 Å². The van der Waals surface area contributed by atoms with Crippen molar-refractivity contribution in [1.82, 2.24) is 10.4 Å². The molecule has 42 valence electrons. The monoisotopic (exact) mass is 109 g/mol. The van der Waals surface area contributed by atoms with Gasteiger partial charge in [-0.05, 0) is 0 Å². The Balaban J connectivity index is 2.54. The number of hydrogen-bond acceptors (Lipinski definition) is 2. The second kappa shape index (κ2) is 1.26. The van der Waals surface area contributed by atoms with Crippen LogP contribution in [0.25, 0.3) is 0 Å². The van der Waals surface area contributed by atoms with E-state index in [0.717, 1.165) is 6.54 Å². The third-order valence-corrected chi connectivity index (χ3v) is 1.33. The molecule has 1 aliphatic heterocycles. The van der Waals surface area contributed by atoms with Crippen LogP contribution in [0.3, 0.4) is 0 Å². The largest absolute Gasteiger partial charge is 0.365 e. The summed E-state index contributed by atoms with van der Waals surface area (Å²) in [6, 6.07) is 0. The molecule has 0 atom stereocenters. The zero-order valence-electron chi connectivity index (χ0n) is 4.36. The van der Waals surface area contributed by atoms with Crippen LogP contribution in [0.5, 0.6) is 0 Å². The maximum Gasteiger partial charge on any atom is 0.0708 e. The van der Waals surface area contributed by atoms with Gasteiger partial charge in [-0.25, -0.2) is 5.43 Å². The van der Waals surface area contributed by atoms with E-state index in [1.54, 1.807) is 0 Å². The fourth-order valence-corrected chi connectivity index (χ4v) is 0.893. The first kappa shape index (κ1) is 3.97. The van der Waals surface area contributed by atoms with Crippen LogP contribution in [0.15, 0.2) is 12.4 Å². The highest BCUT2D eigenvalue weighted by molar-refractivity contribution is 5.51. The molecule has 3 N–H and O–H groups in total. The van der Waals surface area contributed by atoms with Gasteiger partial charge in [-0.15, -0.1) is 0 Å². The van der Waals surface area contributed by atoms with Crippen molar-refractivity contribution in [3.8, 4) is 0 Å². The first-order valence-electron chi connectivity index (χ1n) is 2.61. The Morgan fingerprint density at radius 2 is 2.38 bits per heavy atom. The average molecular weight is 109 g/mol. The number of anilines is 1. The van der Waals surface area contributed by atoms with E-state index in [0.29, 0.717) is 0 Å². The fraction of sp³-hybridized carbons (Fsp3) is 0.200. The normalized spacial score (nSPS) is 15.5. The number of fused-ring (bicyclic) bond motifs is 1. The van der Waals surface area contributed by atoms with E-state index in [4.69, 9.17) is 0 Å². The second-order valence-electron chi connectivity index (χ2n) is 1.87. The smallest absolute Gasteiger partial charge is 0.0708 e. The number of nitrogens with one attached hydrogen (secondary N) is 3. The quantitative estimate of drug-likeness (QED) is 0.452. The molecule has 2 rings (SSSR count). The van der Waals surface area contributed by atoms with Crippen LogP contribution in [0, 0.1) is 0 Å². The lowest BCUT2D eigenvalue weighted by molar-refractivity contribution is 0.854. The summed E-state index contributed by atoms with van der Waals surface area (Å²) in [5.74, 6) is 0. The fourth-order valence-electron chi connectivity index (χ4n) is 0.893. The lowest BCUT2D eigenvalue weighted by Gasteiger charge is -1.88. The first-order chi connectivity index (χ1) is 3.97. The molecular weight excluding hydrogens is 102 g/mol. The minimum absolute atomic E-state index is 0.929. The molecular formula is C5H7N3. The van der Waals surface area contributed by atoms with E-state index in [1.165, 1.54) is 11.3 Å². The summed E-state index contributed by atoms with van der Waals surface area (Å²) in [6.07, 6.45) is 3.93. The molecule has 0 fully saturated rings. The Kier molecular flexibility index (Phi) is 0.625. The van der Waals surface area contributed by atoms with Gasteiger partial charge in [-0.3, -0.25) is 0 Å². The molecule has 0 amide bonds. The average Bonchev–Trinajstić information content (AvgIpc) is 2.15. The van der Waals surface area contributed by atoms with Crippen LogP contribution >= 0.6 is 0 Å². The Morgan fingerprint density at radius 1 is 1.38 bits per heavy atom. The molecule has 3 heteroatoms. The van der Waals surface area contributed by atoms with Gasteiger partial charge in [0.05, 0.1) is 5.69 Å². The highest BCUT2D eigenvalue weighted by Crippen LogP contribution is 2.16. The van der Waals surface area contributed by atoms with E-state index in [-0.39, 0.29) is 0 Å². The number of hydrogen-bond donors (Lipinski definition) is 3. The summed E-state index contributed by atoms with van der Waals surface area (Å²) in [5.41, 5.74) is 8.48. The van der Waals surface area contributed by atoms with Gasteiger partial charge >= 0.3 is 0 Å².